The van der Waals surface area contributed by atoms with Crippen LogP contribution >= 0.6 is 0 Å². The average Bonchev–Trinajstić information content (AvgIpc) is 1.94. The van der Waals surface area contributed by atoms with Crippen molar-refractivity contribution in [2.45, 2.75) is 45.6 Å². The summed E-state index contributed by atoms with van der Waals surface area (Å²) in [6.45, 7) is 4.57. The van der Waals surface area contributed by atoms with Crippen molar-refractivity contribution in [3.05, 3.63) is 0 Å². The molecule has 1 saturated carbocycles. The lowest BCUT2D eigenvalue weighted by Gasteiger charge is -2.33. The molecule has 0 bridgehead atoms. The van der Waals surface area contributed by atoms with Gasteiger partial charge in [-0.05, 0) is 31.1 Å². The number of amides is 1. The van der Waals surface area contributed by atoms with E-state index in [-0.39, 0.29) is 0 Å². The van der Waals surface area contributed by atoms with E-state index in [1.54, 1.807) is 6.41 Å². The Kier molecular flexibility index (Phi) is 2.53. The molecule has 1 amide bonds. The first-order valence-electron chi connectivity index (χ1n) is 4.27. The maximum atomic E-state index is 10.00. The van der Waals surface area contributed by atoms with Crippen LogP contribution in [0.2, 0.25) is 0 Å². The molecule has 0 atom stereocenters. The topological polar surface area (TPSA) is 29.1 Å². The van der Waals surface area contributed by atoms with Gasteiger partial charge in [0.15, 0.2) is 0 Å². The zero-order valence-corrected chi connectivity index (χ0v) is 7.31. The Hall–Kier alpha value is -0.530. The van der Waals surface area contributed by atoms with Gasteiger partial charge in [0.25, 0.3) is 0 Å². The van der Waals surface area contributed by atoms with Gasteiger partial charge in [-0.3, -0.25) is 4.79 Å². The van der Waals surface area contributed by atoms with Crippen molar-refractivity contribution in [3.8, 4) is 0 Å². The fourth-order valence-electron chi connectivity index (χ4n) is 1.63. The second-order valence-electron chi connectivity index (χ2n) is 4.18. The molecule has 2 heteroatoms. The molecule has 0 heterocycles. The summed E-state index contributed by atoms with van der Waals surface area (Å²) in [4.78, 5) is 10.00. The lowest BCUT2D eigenvalue weighted by Crippen LogP contribution is -2.34. The normalized spacial score (nSPS) is 24.5. The predicted octanol–water partition coefficient (Wildman–Crippen LogP) is 1.61. The number of hydrogen-bond acceptors (Lipinski definition) is 1. The van der Waals surface area contributed by atoms with Crippen LogP contribution in [-0.4, -0.2) is 12.5 Å². The Morgan fingerprint density at radius 3 is 2.36 bits per heavy atom. The number of nitrogens with one attached hydrogen (secondary N) is 1. The Balaban J connectivity index is 2.30. The van der Waals surface area contributed by atoms with Crippen LogP contribution in [-0.2, 0) is 4.79 Å². The van der Waals surface area contributed by atoms with Crippen LogP contribution in [0, 0.1) is 5.41 Å². The Morgan fingerprint density at radius 1 is 1.36 bits per heavy atom. The fourth-order valence-corrected chi connectivity index (χ4v) is 1.63. The van der Waals surface area contributed by atoms with E-state index >= 15 is 0 Å². The average molecular weight is 154 g/mol. The molecule has 2 nitrogen and oxygen atoms in total. The van der Waals surface area contributed by atoms with Crippen LogP contribution in [0.25, 0.3) is 0 Å². The summed E-state index contributed by atoms with van der Waals surface area (Å²) >= 11 is 0. The van der Waals surface area contributed by atoms with Gasteiger partial charge in [0, 0.05) is 6.04 Å². The number of hydrogen-bond donors (Lipinski definition) is 1. The third-order valence-corrected chi connectivity index (χ3v) is 2.60. The molecule has 1 aliphatic carbocycles. The van der Waals surface area contributed by atoms with Crippen molar-refractivity contribution >= 4 is 6.41 Å². The maximum Gasteiger partial charge on any atom is 0.309 e. The van der Waals surface area contributed by atoms with Gasteiger partial charge in [-0.25, -0.2) is 0 Å². The summed E-state index contributed by atoms with van der Waals surface area (Å²) in [7, 11) is 0. The van der Waals surface area contributed by atoms with E-state index in [0.717, 1.165) is 12.8 Å². The molecule has 0 aliphatic heterocycles. The van der Waals surface area contributed by atoms with E-state index in [1.165, 1.54) is 12.8 Å². The third kappa shape index (κ3) is 2.52. The third-order valence-electron chi connectivity index (χ3n) is 2.60. The number of carbonyl (C=O) groups excluding carboxylic acids is 1. The first-order chi connectivity index (χ1) is 5.14. The van der Waals surface area contributed by atoms with Crippen molar-refractivity contribution in [2.75, 3.05) is 0 Å². The summed E-state index contributed by atoms with van der Waals surface area (Å²) in [5.41, 5.74) is 0.487. The summed E-state index contributed by atoms with van der Waals surface area (Å²) in [6, 6.07) is 0.389. The van der Waals surface area contributed by atoms with E-state index in [9.17, 15) is 4.79 Å². The molecule has 1 fully saturated rings. The Morgan fingerprint density at radius 2 is 1.91 bits per heavy atom. The molecule has 0 saturated heterocycles. The minimum atomic E-state index is 0.389. The van der Waals surface area contributed by atoms with Gasteiger partial charge in [-0.1, -0.05) is 13.8 Å². The molecule has 11 heavy (non-hydrogen) atoms. The van der Waals surface area contributed by atoms with Crippen molar-refractivity contribution in [3.63, 3.8) is 0 Å². The van der Waals surface area contributed by atoms with Crippen LogP contribution in [0.1, 0.15) is 39.5 Å². The fraction of sp³-hybridized carbons (Fsp3) is 0.889. The van der Waals surface area contributed by atoms with Gasteiger partial charge in [0.05, 0.1) is 0 Å². The zero-order valence-electron chi connectivity index (χ0n) is 7.31. The first kappa shape index (κ1) is 8.57. The molecular weight excluding hydrogens is 138 g/mol. The minimum absolute atomic E-state index is 0.389. The second-order valence-corrected chi connectivity index (χ2v) is 4.18. The standard InChI is InChI=1S/C9H16NO/c1-9(2)5-3-8(4-6-9)10-7-11/h8H,3-6H2,1-2H3,(H,10,11). The Bertz CT molecular complexity index is 132. The summed E-state index contributed by atoms with van der Waals surface area (Å²) in [5, 5.41) is 2.72. The molecule has 1 radical (unpaired) electrons. The van der Waals surface area contributed by atoms with Crippen molar-refractivity contribution in [2.24, 2.45) is 5.41 Å². The lowest BCUT2D eigenvalue weighted by atomic mass is 9.76. The van der Waals surface area contributed by atoms with Crippen LogP contribution in [0.5, 0.6) is 0 Å². The quantitative estimate of drug-likeness (QED) is 0.601. The highest BCUT2D eigenvalue weighted by molar-refractivity contribution is 5.47. The predicted molar refractivity (Wildman–Crippen MR) is 44.9 cm³/mol. The van der Waals surface area contributed by atoms with Gasteiger partial charge in [-0.15, -0.1) is 0 Å². The summed E-state index contributed by atoms with van der Waals surface area (Å²) in [5.74, 6) is 0. The van der Waals surface area contributed by atoms with Gasteiger partial charge >= 0.3 is 6.41 Å². The minimum Gasteiger partial charge on any atom is -0.345 e. The first-order valence-corrected chi connectivity index (χ1v) is 4.27. The SMILES string of the molecule is CC1(C)CCC(N[C]=O)CC1. The lowest BCUT2D eigenvalue weighted by molar-refractivity contribution is 0.216. The van der Waals surface area contributed by atoms with E-state index in [2.05, 4.69) is 19.2 Å². The van der Waals surface area contributed by atoms with Gasteiger partial charge in [-0.2, -0.15) is 0 Å². The number of rotatable bonds is 2. The van der Waals surface area contributed by atoms with E-state index in [1.807, 2.05) is 0 Å². The van der Waals surface area contributed by atoms with Crippen LogP contribution < -0.4 is 5.32 Å². The molecule has 0 aromatic carbocycles. The highest BCUT2D eigenvalue weighted by atomic mass is 16.1. The molecule has 0 aromatic rings. The largest absolute Gasteiger partial charge is 0.345 e. The van der Waals surface area contributed by atoms with Gasteiger partial charge in [0.1, 0.15) is 0 Å². The van der Waals surface area contributed by atoms with Crippen molar-refractivity contribution in [1.29, 1.82) is 0 Å². The van der Waals surface area contributed by atoms with Gasteiger partial charge < -0.3 is 5.32 Å². The van der Waals surface area contributed by atoms with Crippen molar-refractivity contribution < 1.29 is 4.79 Å². The maximum absolute atomic E-state index is 10.00. The monoisotopic (exact) mass is 154 g/mol. The molecule has 0 aromatic heterocycles. The summed E-state index contributed by atoms with van der Waals surface area (Å²) in [6.07, 6.45) is 6.42. The van der Waals surface area contributed by atoms with E-state index in [4.69, 9.17) is 0 Å². The van der Waals surface area contributed by atoms with Crippen LogP contribution in [0.3, 0.4) is 0 Å². The molecule has 0 spiro atoms. The van der Waals surface area contributed by atoms with E-state index < -0.39 is 0 Å². The van der Waals surface area contributed by atoms with Crippen molar-refractivity contribution in [1.82, 2.24) is 5.32 Å². The Labute approximate surface area is 68.4 Å². The highest BCUT2D eigenvalue weighted by Crippen LogP contribution is 2.34. The summed E-state index contributed by atoms with van der Waals surface area (Å²) < 4.78 is 0. The van der Waals surface area contributed by atoms with E-state index in [0.29, 0.717) is 11.5 Å². The molecule has 1 N–H and O–H groups in total. The zero-order chi connectivity index (χ0) is 8.32. The van der Waals surface area contributed by atoms with Crippen LogP contribution in [0.4, 0.5) is 0 Å². The smallest absolute Gasteiger partial charge is 0.309 e. The second kappa shape index (κ2) is 3.24. The molecule has 1 aliphatic rings. The van der Waals surface area contributed by atoms with Crippen LogP contribution in [0.15, 0.2) is 0 Å². The van der Waals surface area contributed by atoms with Gasteiger partial charge in [0.2, 0.25) is 0 Å². The highest BCUT2D eigenvalue weighted by Gasteiger charge is 2.26. The molecule has 0 unspecified atom stereocenters. The molecule has 1 rings (SSSR count). The molecular formula is C9H16NO. The molecule has 63 valence electrons.